The third-order valence-electron chi connectivity index (χ3n) is 2.57. The van der Waals surface area contributed by atoms with Crippen LogP contribution in [0.5, 0.6) is 0 Å². The van der Waals surface area contributed by atoms with Gasteiger partial charge in [0.05, 0.1) is 11.4 Å². The van der Waals surface area contributed by atoms with Crippen molar-refractivity contribution in [3.63, 3.8) is 0 Å². The molecule has 0 unspecified atom stereocenters. The Bertz CT molecular complexity index is 625. The molecule has 0 fully saturated rings. The number of hydrogen-bond donors (Lipinski definition) is 1. The van der Waals surface area contributed by atoms with Gasteiger partial charge in [0, 0.05) is 11.9 Å². The number of thioether (sulfide) groups is 1. The van der Waals surface area contributed by atoms with Crippen LogP contribution in [-0.2, 0) is 4.79 Å². The number of carbonyl (C=O) groups is 1. The number of benzene rings is 1. The predicted octanol–water partition coefficient (Wildman–Crippen LogP) is 2.80. The molecule has 1 aromatic carbocycles. The fourth-order valence-electron chi connectivity index (χ4n) is 1.73. The van der Waals surface area contributed by atoms with E-state index in [9.17, 15) is 9.18 Å². The zero-order valence-corrected chi connectivity index (χ0v) is 11.4. The van der Waals surface area contributed by atoms with Gasteiger partial charge in [-0.3, -0.25) is 9.36 Å². The van der Waals surface area contributed by atoms with Crippen LogP contribution in [0, 0.1) is 19.7 Å². The van der Waals surface area contributed by atoms with E-state index in [1.165, 1.54) is 6.07 Å². The molecular formula is C13H13FN2O2S. The normalized spacial score (nSPS) is 10.7. The van der Waals surface area contributed by atoms with Gasteiger partial charge >= 0.3 is 5.97 Å². The van der Waals surface area contributed by atoms with Crippen LogP contribution in [0.25, 0.3) is 5.69 Å². The second-order valence-electron chi connectivity index (χ2n) is 4.15. The number of carboxylic acids is 1. The smallest absolute Gasteiger partial charge is 0.313 e. The third-order valence-corrected chi connectivity index (χ3v) is 3.51. The SMILES string of the molecule is Cc1ccc(-n2c(C)cnc2SCC(=O)O)c(F)c1. The first-order chi connectivity index (χ1) is 8.99. The molecule has 0 bridgehead atoms. The lowest BCUT2D eigenvalue weighted by Gasteiger charge is -2.10. The van der Waals surface area contributed by atoms with Crippen molar-refractivity contribution in [3.05, 3.63) is 41.5 Å². The van der Waals surface area contributed by atoms with E-state index in [0.29, 0.717) is 10.8 Å². The van der Waals surface area contributed by atoms with Crippen molar-refractivity contribution in [2.45, 2.75) is 19.0 Å². The molecule has 0 spiro atoms. The number of nitrogens with zero attached hydrogens (tertiary/aromatic N) is 2. The third kappa shape index (κ3) is 2.96. The molecule has 0 saturated heterocycles. The van der Waals surface area contributed by atoms with Crippen molar-refractivity contribution >= 4 is 17.7 Å². The van der Waals surface area contributed by atoms with Crippen LogP contribution in [0.3, 0.4) is 0 Å². The molecule has 0 saturated carbocycles. The lowest BCUT2D eigenvalue weighted by molar-refractivity contribution is -0.133. The van der Waals surface area contributed by atoms with Crippen molar-refractivity contribution in [3.8, 4) is 5.69 Å². The highest BCUT2D eigenvalue weighted by atomic mass is 32.2. The highest BCUT2D eigenvalue weighted by molar-refractivity contribution is 7.99. The fourth-order valence-corrected chi connectivity index (χ4v) is 2.48. The molecule has 0 aliphatic heterocycles. The summed E-state index contributed by atoms with van der Waals surface area (Å²) in [5, 5.41) is 9.18. The van der Waals surface area contributed by atoms with Gasteiger partial charge < -0.3 is 5.11 Å². The summed E-state index contributed by atoms with van der Waals surface area (Å²) < 4.78 is 15.6. The van der Waals surface area contributed by atoms with Crippen LogP contribution in [-0.4, -0.2) is 26.4 Å². The summed E-state index contributed by atoms with van der Waals surface area (Å²) in [5.74, 6) is -1.39. The van der Waals surface area contributed by atoms with Crippen LogP contribution in [0.4, 0.5) is 4.39 Å². The van der Waals surface area contributed by atoms with Crippen LogP contribution in [0.1, 0.15) is 11.3 Å². The minimum atomic E-state index is -0.929. The van der Waals surface area contributed by atoms with E-state index in [0.717, 1.165) is 23.0 Å². The summed E-state index contributed by atoms with van der Waals surface area (Å²) in [7, 11) is 0. The van der Waals surface area contributed by atoms with Crippen LogP contribution in [0.2, 0.25) is 0 Å². The lowest BCUT2D eigenvalue weighted by Crippen LogP contribution is -2.04. The van der Waals surface area contributed by atoms with E-state index >= 15 is 0 Å². The number of imidazole rings is 1. The number of carboxylic acid groups (broad SMARTS) is 1. The van der Waals surface area contributed by atoms with Crippen molar-refractivity contribution in [2.75, 3.05) is 5.75 Å². The van der Waals surface area contributed by atoms with Gasteiger partial charge in [-0.25, -0.2) is 9.37 Å². The Labute approximate surface area is 114 Å². The van der Waals surface area contributed by atoms with Gasteiger partial charge in [0.2, 0.25) is 0 Å². The van der Waals surface area contributed by atoms with Crippen LogP contribution < -0.4 is 0 Å². The summed E-state index contributed by atoms with van der Waals surface area (Å²) in [6.07, 6.45) is 1.60. The molecule has 1 N–H and O–H groups in total. The van der Waals surface area contributed by atoms with E-state index in [4.69, 9.17) is 5.11 Å². The first kappa shape index (κ1) is 13.6. The Morgan fingerprint density at radius 2 is 2.21 bits per heavy atom. The van der Waals surface area contributed by atoms with Crippen molar-refractivity contribution < 1.29 is 14.3 Å². The first-order valence-electron chi connectivity index (χ1n) is 5.64. The molecule has 0 radical (unpaired) electrons. The van der Waals surface area contributed by atoms with Gasteiger partial charge in [-0.1, -0.05) is 17.8 Å². The zero-order chi connectivity index (χ0) is 14.0. The van der Waals surface area contributed by atoms with E-state index < -0.39 is 5.97 Å². The van der Waals surface area contributed by atoms with Crippen molar-refractivity contribution in [1.29, 1.82) is 0 Å². The van der Waals surface area contributed by atoms with Crippen molar-refractivity contribution in [1.82, 2.24) is 9.55 Å². The van der Waals surface area contributed by atoms with Gasteiger partial charge in [0.15, 0.2) is 5.16 Å². The van der Waals surface area contributed by atoms with Gasteiger partial charge in [-0.15, -0.1) is 0 Å². The highest BCUT2D eigenvalue weighted by Gasteiger charge is 2.14. The maximum atomic E-state index is 14.0. The molecule has 2 rings (SSSR count). The molecule has 19 heavy (non-hydrogen) atoms. The fraction of sp³-hybridized carbons (Fsp3) is 0.231. The van der Waals surface area contributed by atoms with Crippen molar-refractivity contribution in [2.24, 2.45) is 0 Å². The Balaban J connectivity index is 2.43. The Hall–Kier alpha value is -1.82. The minimum Gasteiger partial charge on any atom is -0.481 e. The Kier molecular flexibility index (Phi) is 3.90. The molecular weight excluding hydrogens is 267 g/mol. The maximum Gasteiger partial charge on any atom is 0.313 e. The van der Waals surface area contributed by atoms with Crippen LogP contribution in [0.15, 0.2) is 29.6 Å². The molecule has 0 atom stereocenters. The number of aromatic nitrogens is 2. The topological polar surface area (TPSA) is 55.1 Å². The average Bonchev–Trinajstić information content (AvgIpc) is 2.68. The van der Waals surface area contributed by atoms with Gasteiger partial charge in [-0.05, 0) is 31.5 Å². The number of aryl methyl sites for hydroxylation is 2. The van der Waals surface area contributed by atoms with E-state index in [2.05, 4.69) is 4.98 Å². The molecule has 100 valence electrons. The number of rotatable bonds is 4. The van der Waals surface area contributed by atoms with Gasteiger partial charge in [-0.2, -0.15) is 0 Å². The van der Waals surface area contributed by atoms with Gasteiger partial charge in [0.1, 0.15) is 5.82 Å². The summed E-state index contributed by atoms with van der Waals surface area (Å²) in [4.78, 5) is 14.7. The molecule has 0 aliphatic carbocycles. The monoisotopic (exact) mass is 280 g/mol. The maximum absolute atomic E-state index is 14.0. The molecule has 1 heterocycles. The molecule has 2 aromatic rings. The molecule has 1 aromatic heterocycles. The largest absolute Gasteiger partial charge is 0.481 e. The number of hydrogen-bond acceptors (Lipinski definition) is 3. The lowest BCUT2D eigenvalue weighted by atomic mass is 10.2. The second kappa shape index (κ2) is 5.44. The van der Waals surface area contributed by atoms with E-state index in [1.54, 1.807) is 23.8 Å². The summed E-state index contributed by atoms with van der Waals surface area (Å²) >= 11 is 1.07. The van der Waals surface area contributed by atoms with E-state index in [-0.39, 0.29) is 11.6 Å². The standard InChI is InChI=1S/C13H13FN2O2S/c1-8-3-4-11(10(14)5-8)16-9(2)6-15-13(16)19-7-12(17)18/h3-6H,7H2,1-2H3,(H,17,18). The quantitative estimate of drug-likeness (QED) is 0.875. The highest BCUT2D eigenvalue weighted by Crippen LogP contribution is 2.25. The Morgan fingerprint density at radius 3 is 2.84 bits per heavy atom. The number of aliphatic carboxylic acids is 1. The first-order valence-corrected chi connectivity index (χ1v) is 6.63. The molecule has 0 aliphatic rings. The van der Waals surface area contributed by atoms with Gasteiger partial charge in [0.25, 0.3) is 0 Å². The number of halogens is 1. The zero-order valence-electron chi connectivity index (χ0n) is 10.6. The van der Waals surface area contributed by atoms with E-state index in [1.807, 2.05) is 13.0 Å². The Morgan fingerprint density at radius 1 is 1.47 bits per heavy atom. The molecule has 6 heteroatoms. The summed E-state index contributed by atoms with van der Waals surface area (Å²) in [6.45, 7) is 3.62. The minimum absolute atomic E-state index is 0.107. The van der Waals surface area contributed by atoms with Crippen LogP contribution >= 0.6 is 11.8 Å². The summed E-state index contributed by atoms with van der Waals surface area (Å²) in [6, 6.07) is 4.92. The molecule has 4 nitrogen and oxygen atoms in total. The summed E-state index contributed by atoms with van der Waals surface area (Å²) in [5.41, 5.74) is 1.97. The molecule has 0 amide bonds. The average molecular weight is 280 g/mol. The predicted molar refractivity (Wildman–Crippen MR) is 71.4 cm³/mol. The second-order valence-corrected chi connectivity index (χ2v) is 5.10.